The first-order valence-electron chi connectivity index (χ1n) is 6.50. The van der Waals surface area contributed by atoms with Gasteiger partial charge in [-0.1, -0.05) is 29.8 Å². The zero-order chi connectivity index (χ0) is 12.8. The van der Waals surface area contributed by atoms with E-state index >= 15 is 0 Å². The highest BCUT2D eigenvalue weighted by Gasteiger charge is 2.49. The van der Waals surface area contributed by atoms with Crippen molar-refractivity contribution in [3.05, 3.63) is 35.4 Å². The summed E-state index contributed by atoms with van der Waals surface area (Å²) in [5.74, 6) is 1.01. The van der Waals surface area contributed by atoms with E-state index in [1.54, 1.807) is 0 Å². The molecule has 2 heterocycles. The van der Waals surface area contributed by atoms with Crippen LogP contribution in [0.15, 0.2) is 24.3 Å². The Morgan fingerprint density at radius 1 is 1.33 bits per heavy atom. The Balaban J connectivity index is 1.96. The zero-order valence-electron chi connectivity index (χ0n) is 10.6. The van der Waals surface area contributed by atoms with Gasteiger partial charge in [-0.15, -0.1) is 0 Å². The van der Waals surface area contributed by atoms with Crippen LogP contribution in [0.1, 0.15) is 17.5 Å². The molecule has 98 valence electrons. The monoisotopic (exact) mass is 265 g/mol. The lowest BCUT2D eigenvalue weighted by Crippen LogP contribution is -2.61. The maximum absolute atomic E-state index is 11.7. The molecule has 1 unspecified atom stereocenters. The molecule has 0 radical (unpaired) electrons. The molecule has 1 aromatic carbocycles. The van der Waals surface area contributed by atoms with Gasteiger partial charge in [0.05, 0.1) is 11.5 Å². The molecule has 0 aromatic heterocycles. The SMILES string of the molecule is Cc1cccc(C2(C3CCS(=O)(=O)C3)CNC2)c1. The second-order valence-electron chi connectivity index (χ2n) is 5.73. The minimum absolute atomic E-state index is 0.0512. The zero-order valence-corrected chi connectivity index (χ0v) is 11.5. The minimum atomic E-state index is -2.80. The number of aryl methyl sites for hydroxylation is 1. The smallest absolute Gasteiger partial charge is 0.150 e. The number of sulfone groups is 1. The number of hydrogen-bond acceptors (Lipinski definition) is 3. The summed E-state index contributed by atoms with van der Waals surface area (Å²) in [6.07, 6.45) is 0.817. The maximum atomic E-state index is 11.7. The van der Waals surface area contributed by atoms with Crippen molar-refractivity contribution in [3.63, 3.8) is 0 Å². The molecule has 3 rings (SSSR count). The van der Waals surface area contributed by atoms with E-state index in [-0.39, 0.29) is 11.3 Å². The van der Waals surface area contributed by atoms with Crippen LogP contribution in [-0.4, -0.2) is 33.0 Å². The van der Waals surface area contributed by atoms with Crippen molar-refractivity contribution in [2.24, 2.45) is 5.92 Å². The third-order valence-electron chi connectivity index (χ3n) is 4.49. The first-order valence-corrected chi connectivity index (χ1v) is 8.32. The molecule has 2 fully saturated rings. The fourth-order valence-corrected chi connectivity index (χ4v) is 5.22. The lowest BCUT2D eigenvalue weighted by Gasteiger charge is -2.47. The quantitative estimate of drug-likeness (QED) is 0.876. The van der Waals surface area contributed by atoms with Gasteiger partial charge in [-0.25, -0.2) is 8.42 Å². The van der Waals surface area contributed by atoms with Crippen LogP contribution in [0.5, 0.6) is 0 Å². The van der Waals surface area contributed by atoms with Crippen molar-refractivity contribution in [2.45, 2.75) is 18.8 Å². The number of rotatable bonds is 2. The molecule has 4 heteroatoms. The van der Waals surface area contributed by atoms with Crippen LogP contribution in [0.25, 0.3) is 0 Å². The van der Waals surface area contributed by atoms with E-state index in [1.807, 2.05) is 0 Å². The molecule has 2 aliphatic heterocycles. The first-order chi connectivity index (χ1) is 8.52. The van der Waals surface area contributed by atoms with Gasteiger partial charge < -0.3 is 5.32 Å². The summed E-state index contributed by atoms with van der Waals surface area (Å²) in [6, 6.07) is 8.54. The fraction of sp³-hybridized carbons (Fsp3) is 0.571. The largest absolute Gasteiger partial charge is 0.315 e. The van der Waals surface area contributed by atoms with Crippen LogP contribution < -0.4 is 5.32 Å². The number of nitrogens with one attached hydrogen (secondary N) is 1. The van der Waals surface area contributed by atoms with Gasteiger partial charge in [-0.05, 0) is 24.8 Å². The highest BCUT2D eigenvalue weighted by molar-refractivity contribution is 7.91. The Labute approximate surface area is 109 Å². The molecule has 2 aliphatic rings. The van der Waals surface area contributed by atoms with Crippen molar-refractivity contribution in [1.29, 1.82) is 0 Å². The third kappa shape index (κ3) is 1.88. The standard InChI is InChI=1S/C14H19NO2S/c1-11-3-2-4-12(7-11)14(9-15-10-14)13-5-6-18(16,17)8-13/h2-4,7,13,15H,5-6,8-10H2,1H3. The van der Waals surface area contributed by atoms with Crippen LogP contribution in [-0.2, 0) is 15.3 Å². The van der Waals surface area contributed by atoms with Gasteiger partial charge >= 0.3 is 0 Å². The average molecular weight is 265 g/mol. The molecule has 1 atom stereocenters. The second-order valence-corrected chi connectivity index (χ2v) is 7.96. The molecular weight excluding hydrogens is 246 g/mol. The van der Waals surface area contributed by atoms with Gasteiger partial charge in [-0.2, -0.15) is 0 Å². The van der Waals surface area contributed by atoms with Crippen molar-refractivity contribution in [2.75, 3.05) is 24.6 Å². The van der Waals surface area contributed by atoms with Gasteiger partial charge in [0.15, 0.2) is 9.84 Å². The van der Waals surface area contributed by atoms with E-state index in [2.05, 4.69) is 36.5 Å². The van der Waals surface area contributed by atoms with Crippen LogP contribution >= 0.6 is 0 Å². The molecule has 0 amide bonds. The van der Waals surface area contributed by atoms with Crippen molar-refractivity contribution in [3.8, 4) is 0 Å². The normalized spacial score (nSPS) is 28.8. The van der Waals surface area contributed by atoms with E-state index in [0.29, 0.717) is 11.5 Å². The summed E-state index contributed by atoms with van der Waals surface area (Å²) in [5, 5.41) is 3.33. The Hall–Kier alpha value is -0.870. The lowest BCUT2D eigenvalue weighted by molar-refractivity contribution is 0.190. The molecule has 1 N–H and O–H groups in total. The topological polar surface area (TPSA) is 46.2 Å². The minimum Gasteiger partial charge on any atom is -0.315 e. The van der Waals surface area contributed by atoms with Crippen LogP contribution in [0.2, 0.25) is 0 Å². The van der Waals surface area contributed by atoms with Crippen LogP contribution in [0, 0.1) is 12.8 Å². The predicted octanol–water partition coefficient (Wildman–Crippen LogP) is 1.27. The van der Waals surface area contributed by atoms with Crippen molar-refractivity contribution >= 4 is 9.84 Å². The Morgan fingerprint density at radius 2 is 2.11 bits per heavy atom. The van der Waals surface area contributed by atoms with Gasteiger partial charge in [-0.3, -0.25) is 0 Å². The van der Waals surface area contributed by atoms with Gasteiger partial charge in [0.2, 0.25) is 0 Å². The summed E-state index contributed by atoms with van der Waals surface area (Å²) >= 11 is 0. The van der Waals surface area contributed by atoms with Crippen molar-refractivity contribution in [1.82, 2.24) is 5.32 Å². The second kappa shape index (κ2) is 4.07. The average Bonchev–Trinajstić information content (AvgIpc) is 2.58. The van der Waals surface area contributed by atoms with E-state index in [9.17, 15) is 8.42 Å². The summed E-state index contributed by atoms with van der Waals surface area (Å²) in [7, 11) is -2.80. The van der Waals surface area contributed by atoms with E-state index < -0.39 is 9.84 Å². The highest BCUT2D eigenvalue weighted by atomic mass is 32.2. The summed E-state index contributed by atoms with van der Waals surface area (Å²) in [6.45, 7) is 3.92. The summed E-state index contributed by atoms with van der Waals surface area (Å²) in [4.78, 5) is 0. The first kappa shape index (κ1) is 12.2. The number of hydrogen-bond donors (Lipinski definition) is 1. The predicted molar refractivity (Wildman–Crippen MR) is 72.5 cm³/mol. The lowest BCUT2D eigenvalue weighted by atomic mass is 9.65. The van der Waals surface area contributed by atoms with Gasteiger partial charge in [0, 0.05) is 18.5 Å². The van der Waals surface area contributed by atoms with Crippen molar-refractivity contribution < 1.29 is 8.42 Å². The van der Waals surface area contributed by atoms with E-state index in [0.717, 1.165) is 19.5 Å². The molecule has 0 saturated carbocycles. The van der Waals surface area contributed by atoms with Gasteiger partial charge in [0.25, 0.3) is 0 Å². The molecular formula is C14H19NO2S. The Bertz CT molecular complexity index is 561. The molecule has 3 nitrogen and oxygen atoms in total. The molecule has 18 heavy (non-hydrogen) atoms. The van der Waals surface area contributed by atoms with Gasteiger partial charge in [0.1, 0.15) is 0 Å². The fourth-order valence-electron chi connectivity index (χ4n) is 3.31. The van der Waals surface area contributed by atoms with Crippen LogP contribution in [0.3, 0.4) is 0 Å². The molecule has 0 bridgehead atoms. The van der Waals surface area contributed by atoms with E-state index in [1.165, 1.54) is 11.1 Å². The molecule has 0 aliphatic carbocycles. The molecule has 0 spiro atoms. The number of benzene rings is 1. The van der Waals surface area contributed by atoms with Crippen LogP contribution in [0.4, 0.5) is 0 Å². The highest BCUT2D eigenvalue weighted by Crippen LogP contribution is 2.42. The Kier molecular flexibility index (Phi) is 2.75. The molecule has 1 aromatic rings. The Morgan fingerprint density at radius 3 is 2.61 bits per heavy atom. The maximum Gasteiger partial charge on any atom is 0.150 e. The molecule has 2 saturated heterocycles. The summed E-state index contributed by atoms with van der Waals surface area (Å²) < 4.78 is 23.4. The van der Waals surface area contributed by atoms with E-state index in [4.69, 9.17) is 0 Å². The summed E-state index contributed by atoms with van der Waals surface area (Å²) in [5.41, 5.74) is 2.61. The third-order valence-corrected chi connectivity index (χ3v) is 6.26.